The molecule has 1 aromatic carbocycles. The Labute approximate surface area is 158 Å². The third kappa shape index (κ3) is 5.07. The summed E-state index contributed by atoms with van der Waals surface area (Å²) in [6, 6.07) is 5.05. The van der Waals surface area contributed by atoms with Crippen LogP contribution in [0.1, 0.15) is 23.2 Å². The summed E-state index contributed by atoms with van der Waals surface area (Å²) in [5, 5.41) is 6.47. The molecule has 2 heterocycles. The van der Waals surface area contributed by atoms with Crippen molar-refractivity contribution in [3.63, 3.8) is 0 Å². The van der Waals surface area contributed by atoms with Crippen LogP contribution in [0.15, 0.2) is 18.2 Å². The highest BCUT2D eigenvalue weighted by atomic mass is 35.5. The second-order valence-corrected chi connectivity index (χ2v) is 6.54. The summed E-state index contributed by atoms with van der Waals surface area (Å²) in [4.78, 5) is 26.5. The van der Waals surface area contributed by atoms with Crippen molar-refractivity contribution in [3.05, 3.63) is 28.8 Å². The van der Waals surface area contributed by atoms with Crippen LogP contribution in [0.2, 0.25) is 5.02 Å². The van der Waals surface area contributed by atoms with E-state index in [1.54, 1.807) is 23.1 Å². The molecule has 2 aliphatic rings. The normalized spacial score (nSPS) is 20.5. The number of carbonyl (C=O) groups is 2. The van der Waals surface area contributed by atoms with Crippen LogP contribution in [0, 0.1) is 5.92 Å². The molecule has 0 spiro atoms. The van der Waals surface area contributed by atoms with Gasteiger partial charge in [-0.25, -0.2) is 0 Å². The summed E-state index contributed by atoms with van der Waals surface area (Å²) in [5.74, 6) is -0.129. The minimum Gasteiger partial charge on any atom is -0.378 e. The molecule has 0 saturated carbocycles. The van der Waals surface area contributed by atoms with E-state index < -0.39 is 0 Å². The second kappa shape index (κ2) is 9.38. The SMILES string of the molecule is Cl.O=C(Nc1ccc(C(=O)N2CCOCC2)c(Cl)c1)C1CCCNC1. The number of morpholine rings is 1. The molecule has 0 aliphatic carbocycles. The molecule has 2 saturated heterocycles. The molecular formula is C17H23Cl2N3O3. The quantitative estimate of drug-likeness (QED) is 0.833. The van der Waals surface area contributed by atoms with Crippen molar-refractivity contribution in [2.24, 2.45) is 5.92 Å². The van der Waals surface area contributed by atoms with Gasteiger partial charge in [-0.2, -0.15) is 0 Å². The fourth-order valence-corrected chi connectivity index (χ4v) is 3.28. The molecule has 6 nitrogen and oxygen atoms in total. The van der Waals surface area contributed by atoms with Crippen molar-refractivity contribution >= 4 is 41.5 Å². The van der Waals surface area contributed by atoms with E-state index in [9.17, 15) is 9.59 Å². The molecule has 2 fully saturated rings. The fourth-order valence-electron chi connectivity index (χ4n) is 3.02. The van der Waals surface area contributed by atoms with E-state index in [1.165, 1.54) is 0 Å². The summed E-state index contributed by atoms with van der Waals surface area (Å²) in [6.45, 7) is 3.91. The monoisotopic (exact) mass is 387 g/mol. The molecule has 0 aromatic heterocycles. The number of rotatable bonds is 3. The topological polar surface area (TPSA) is 70.7 Å². The maximum Gasteiger partial charge on any atom is 0.255 e. The van der Waals surface area contributed by atoms with Crippen LogP contribution < -0.4 is 10.6 Å². The average molecular weight is 388 g/mol. The number of amides is 2. The molecule has 2 N–H and O–H groups in total. The molecule has 8 heteroatoms. The lowest BCUT2D eigenvalue weighted by Crippen LogP contribution is -2.40. The number of ether oxygens (including phenoxy) is 1. The lowest BCUT2D eigenvalue weighted by molar-refractivity contribution is -0.120. The van der Waals surface area contributed by atoms with Gasteiger partial charge in [0.15, 0.2) is 0 Å². The highest BCUT2D eigenvalue weighted by Gasteiger charge is 2.23. The smallest absolute Gasteiger partial charge is 0.255 e. The number of benzene rings is 1. The fraction of sp³-hybridized carbons (Fsp3) is 0.529. The van der Waals surface area contributed by atoms with Gasteiger partial charge in [-0.3, -0.25) is 9.59 Å². The van der Waals surface area contributed by atoms with Crippen LogP contribution in [0.4, 0.5) is 5.69 Å². The first-order valence-electron chi connectivity index (χ1n) is 8.33. The van der Waals surface area contributed by atoms with Gasteiger partial charge in [0.2, 0.25) is 5.91 Å². The first kappa shape index (κ1) is 20.0. The maximum absolute atomic E-state index is 12.5. The van der Waals surface area contributed by atoms with Gasteiger partial charge < -0.3 is 20.3 Å². The van der Waals surface area contributed by atoms with Gasteiger partial charge in [0.25, 0.3) is 5.91 Å². The Morgan fingerprint density at radius 3 is 2.68 bits per heavy atom. The second-order valence-electron chi connectivity index (χ2n) is 6.13. The van der Waals surface area contributed by atoms with Gasteiger partial charge in [-0.15, -0.1) is 12.4 Å². The van der Waals surface area contributed by atoms with Gasteiger partial charge in [0.05, 0.1) is 29.7 Å². The van der Waals surface area contributed by atoms with E-state index in [0.29, 0.717) is 49.1 Å². The van der Waals surface area contributed by atoms with E-state index in [1.807, 2.05) is 0 Å². The van der Waals surface area contributed by atoms with Crippen LogP contribution >= 0.6 is 24.0 Å². The molecule has 3 rings (SSSR count). The molecule has 138 valence electrons. The summed E-state index contributed by atoms with van der Waals surface area (Å²) < 4.78 is 5.26. The van der Waals surface area contributed by atoms with Crippen LogP contribution in [0.3, 0.4) is 0 Å². The van der Waals surface area contributed by atoms with Crippen molar-refractivity contribution in [1.29, 1.82) is 0 Å². The third-order valence-electron chi connectivity index (χ3n) is 4.43. The Morgan fingerprint density at radius 2 is 2.04 bits per heavy atom. The zero-order chi connectivity index (χ0) is 16.9. The van der Waals surface area contributed by atoms with Gasteiger partial charge in [-0.05, 0) is 37.6 Å². The number of halogens is 2. The van der Waals surface area contributed by atoms with Crippen molar-refractivity contribution in [2.75, 3.05) is 44.7 Å². The van der Waals surface area contributed by atoms with Crippen molar-refractivity contribution < 1.29 is 14.3 Å². The molecule has 0 bridgehead atoms. The molecule has 0 radical (unpaired) electrons. The van der Waals surface area contributed by atoms with Gasteiger partial charge in [-0.1, -0.05) is 11.6 Å². The molecule has 2 amide bonds. The molecule has 1 atom stereocenters. The van der Waals surface area contributed by atoms with Gasteiger partial charge in [0, 0.05) is 25.3 Å². The van der Waals surface area contributed by atoms with Gasteiger partial charge >= 0.3 is 0 Å². The summed E-state index contributed by atoms with van der Waals surface area (Å²) in [6.07, 6.45) is 1.89. The maximum atomic E-state index is 12.5. The number of nitrogens with one attached hydrogen (secondary N) is 2. The zero-order valence-corrected chi connectivity index (χ0v) is 15.5. The van der Waals surface area contributed by atoms with Gasteiger partial charge in [0.1, 0.15) is 0 Å². The Bertz CT molecular complexity index is 615. The zero-order valence-electron chi connectivity index (χ0n) is 13.9. The predicted octanol–water partition coefficient (Wildman–Crippen LogP) is 2.17. The van der Waals surface area contributed by atoms with Crippen LogP contribution in [-0.2, 0) is 9.53 Å². The Morgan fingerprint density at radius 1 is 1.28 bits per heavy atom. The number of anilines is 1. The van der Waals surface area contributed by atoms with Crippen LogP contribution in [0.5, 0.6) is 0 Å². The molecule has 1 unspecified atom stereocenters. The van der Waals surface area contributed by atoms with E-state index in [-0.39, 0.29) is 30.1 Å². The van der Waals surface area contributed by atoms with E-state index in [4.69, 9.17) is 16.3 Å². The number of carbonyl (C=O) groups excluding carboxylic acids is 2. The highest BCUT2D eigenvalue weighted by molar-refractivity contribution is 6.34. The van der Waals surface area contributed by atoms with Crippen LogP contribution in [-0.4, -0.2) is 56.1 Å². The summed E-state index contributed by atoms with van der Waals surface area (Å²) >= 11 is 6.27. The number of piperidine rings is 1. The first-order chi connectivity index (χ1) is 11.6. The van der Waals surface area contributed by atoms with E-state index >= 15 is 0 Å². The number of hydrogen-bond acceptors (Lipinski definition) is 4. The average Bonchev–Trinajstić information content (AvgIpc) is 2.63. The van der Waals surface area contributed by atoms with Crippen molar-refractivity contribution in [1.82, 2.24) is 10.2 Å². The number of nitrogens with zero attached hydrogens (tertiary/aromatic N) is 1. The van der Waals surface area contributed by atoms with E-state index in [2.05, 4.69) is 10.6 Å². The summed E-state index contributed by atoms with van der Waals surface area (Å²) in [5.41, 5.74) is 1.07. The number of hydrogen-bond donors (Lipinski definition) is 2. The molecular weight excluding hydrogens is 365 g/mol. The lowest BCUT2D eigenvalue weighted by atomic mass is 9.99. The lowest BCUT2D eigenvalue weighted by Gasteiger charge is -2.27. The highest BCUT2D eigenvalue weighted by Crippen LogP contribution is 2.24. The molecule has 2 aliphatic heterocycles. The first-order valence-corrected chi connectivity index (χ1v) is 8.71. The molecule has 1 aromatic rings. The standard InChI is InChI=1S/C17H22ClN3O3.ClH/c18-15-10-13(20-16(22)12-2-1-5-19-11-12)3-4-14(15)17(23)21-6-8-24-9-7-21;/h3-4,10,12,19H,1-2,5-9,11H2,(H,20,22);1H. The predicted molar refractivity (Wildman–Crippen MR) is 99.6 cm³/mol. The van der Waals surface area contributed by atoms with Crippen LogP contribution in [0.25, 0.3) is 0 Å². The summed E-state index contributed by atoms with van der Waals surface area (Å²) in [7, 11) is 0. The van der Waals surface area contributed by atoms with Crippen molar-refractivity contribution in [3.8, 4) is 0 Å². The molecule has 25 heavy (non-hydrogen) atoms. The Hall–Kier alpha value is -1.34. The van der Waals surface area contributed by atoms with E-state index in [0.717, 1.165) is 19.4 Å². The Balaban J connectivity index is 0.00000225. The van der Waals surface area contributed by atoms with Crippen molar-refractivity contribution in [2.45, 2.75) is 12.8 Å². The third-order valence-corrected chi connectivity index (χ3v) is 4.75. The Kier molecular flexibility index (Phi) is 7.50. The largest absolute Gasteiger partial charge is 0.378 e. The minimum atomic E-state index is -0.0994. The minimum absolute atomic E-state index is 0.